The van der Waals surface area contributed by atoms with Crippen LogP contribution < -0.4 is 15.7 Å². The summed E-state index contributed by atoms with van der Waals surface area (Å²) in [4.78, 5) is 35.7. The van der Waals surface area contributed by atoms with Gasteiger partial charge in [0.2, 0.25) is 5.95 Å². The fraction of sp³-hybridized carbons (Fsp3) is 0.727. The minimum atomic E-state index is -0.781. The van der Waals surface area contributed by atoms with Crippen LogP contribution in [0.5, 0.6) is 0 Å². The molecule has 1 N–H and O–H groups in total. The van der Waals surface area contributed by atoms with Crippen LogP contribution in [0.15, 0.2) is 12.4 Å². The van der Waals surface area contributed by atoms with Crippen molar-refractivity contribution in [2.24, 2.45) is 5.92 Å². The van der Waals surface area contributed by atoms with Gasteiger partial charge in [-0.1, -0.05) is 13.8 Å². The molecule has 1 saturated heterocycles. The molecule has 1 fully saturated rings. The van der Waals surface area contributed by atoms with E-state index in [2.05, 4.69) is 15.3 Å². The molecule has 1 aliphatic rings. The number of ether oxygens (including phenoxy) is 1. The second-order valence-corrected chi connectivity index (χ2v) is 10.4. The average molecular weight is 448 g/mol. The summed E-state index contributed by atoms with van der Waals surface area (Å²) >= 11 is 0. The van der Waals surface area contributed by atoms with E-state index in [4.69, 9.17) is 14.0 Å². The number of alkyl carbamates (subject to hydrolysis) is 1. The Kier molecular flexibility index (Phi) is 7.61. The Morgan fingerprint density at radius 2 is 1.62 bits per heavy atom. The molecule has 1 aromatic heterocycles. The van der Waals surface area contributed by atoms with E-state index < -0.39 is 36.1 Å². The Hall–Kier alpha value is -2.20. The summed E-state index contributed by atoms with van der Waals surface area (Å²) in [6, 6.07) is -0.781. The lowest BCUT2D eigenvalue weighted by atomic mass is 9.81. The third-order valence-corrected chi connectivity index (χ3v) is 5.61. The van der Waals surface area contributed by atoms with E-state index in [0.29, 0.717) is 12.0 Å². The van der Waals surface area contributed by atoms with Crippen LogP contribution in [0, 0.1) is 5.92 Å². The zero-order chi connectivity index (χ0) is 24.5. The summed E-state index contributed by atoms with van der Waals surface area (Å²) in [6.45, 7) is 19.1. The van der Waals surface area contributed by atoms with E-state index in [0.717, 1.165) is 0 Å². The first kappa shape index (κ1) is 26.1. The molecule has 2 heterocycles. The average Bonchev–Trinajstić information content (AvgIpc) is 2.86. The van der Waals surface area contributed by atoms with Crippen molar-refractivity contribution in [3.8, 4) is 0 Å². The highest BCUT2D eigenvalue weighted by Gasteiger charge is 2.52. The minimum absolute atomic E-state index is 0.159. The maximum atomic E-state index is 13.3. The van der Waals surface area contributed by atoms with E-state index in [9.17, 15) is 9.59 Å². The molecule has 0 spiro atoms. The molecular weight excluding hydrogens is 411 g/mol. The highest BCUT2D eigenvalue weighted by Crippen LogP contribution is 2.36. The van der Waals surface area contributed by atoms with E-state index >= 15 is 0 Å². The minimum Gasteiger partial charge on any atom is -0.444 e. The van der Waals surface area contributed by atoms with Crippen LogP contribution in [0.1, 0.15) is 69.2 Å². The Balaban J connectivity index is 2.18. The smallest absolute Gasteiger partial charge is 0.444 e. The summed E-state index contributed by atoms with van der Waals surface area (Å²) in [6.07, 6.45) is 2.57. The van der Waals surface area contributed by atoms with E-state index in [1.807, 2.05) is 48.5 Å². The monoisotopic (exact) mass is 448 g/mol. The van der Waals surface area contributed by atoms with Gasteiger partial charge in [0.05, 0.1) is 11.2 Å². The first-order valence-corrected chi connectivity index (χ1v) is 11.1. The molecule has 1 atom stereocenters. The topological polar surface area (TPSA) is 103 Å². The van der Waals surface area contributed by atoms with Crippen molar-refractivity contribution in [3.05, 3.63) is 12.4 Å². The van der Waals surface area contributed by atoms with Gasteiger partial charge in [-0.05, 0) is 61.3 Å². The first-order valence-electron chi connectivity index (χ1n) is 11.1. The summed E-state index contributed by atoms with van der Waals surface area (Å²) in [5, 5.41) is 2.68. The molecule has 9 nitrogen and oxygen atoms in total. The highest BCUT2D eigenvalue weighted by molar-refractivity contribution is 6.61. The number of nitrogens with zero attached hydrogens (tertiary/aromatic N) is 3. The second-order valence-electron chi connectivity index (χ2n) is 10.4. The van der Waals surface area contributed by atoms with Gasteiger partial charge in [0.1, 0.15) is 11.6 Å². The molecule has 178 valence electrons. The molecular formula is C22H37BN4O5. The molecule has 0 aliphatic carbocycles. The largest absolute Gasteiger partial charge is 0.498 e. The predicted octanol–water partition coefficient (Wildman–Crippen LogP) is 2.68. The van der Waals surface area contributed by atoms with Crippen LogP contribution in [-0.4, -0.2) is 58.5 Å². The van der Waals surface area contributed by atoms with Crippen LogP contribution in [0.2, 0.25) is 0 Å². The van der Waals surface area contributed by atoms with Gasteiger partial charge in [0, 0.05) is 24.4 Å². The van der Waals surface area contributed by atoms with Crippen molar-refractivity contribution in [3.63, 3.8) is 0 Å². The normalized spacial score (nSPS) is 18.4. The highest BCUT2D eigenvalue weighted by atomic mass is 16.7. The zero-order valence-electron chi connectivity index (χ0n) is 21.0. The van der Waals surface area contributed by atoms with Crippen molar-refractivity contribution < 1.29 is 23.6 Å². The lowest BCUT2D eigenvalue weighted by Crippen LogP contribution is -2.52. The maximum Gasteiger partial charge on any atom is 0.498 e. The van der Waals surface area contributed by atoms with E-state index in [1.165, 1.54) is 4.90 Å². The molecule has 0 radical (unpaired) electrons. The van der Waals surface area contributed by atoms with Crippen molar-refractivity contribution >= 4 is 30.5 Å². The number of likely N-dealkylation sites (N-methyl/N-ethyl adjacent to an activating group) is 1. The van der Waals surface area contributed by atoms with Gasteiger partial charge >= 0.3 is 13.2 Å². The van der Waals surface area contributed by atoms with Crippen molar-refractivity contribution in [1.29, 1.82) is 0 Å². The number of rotatable bonds is 6. The number of hydrogen-bond acceptors (Lipinski definition) is 7. The Morgan fingerprint density at radius 3 is 2.03 bits per heavy atom. The number of anilines is 1. The van der Waals surface area contributed by atoms with Crippen LogP contribution in [-0.2, 0) is 18.8 Å². The van der Waals surface area contributed by atoms with Crippen LogP contribution >= 0.6 is 0 Å². The molecule has 32 heavy (non-hydrogen) atoms. The number of carbonyl (C=O) groups is 2. The fourth-order valence-electron chi connectivity index (χ4n) is 3.08. The molecule has 0 aromatic carbocycles. The van der Waals surface area contributed by atoms with E-state index in [-0.39, 0.29) is 17.8 Å². The van der Waals surface area contributed by atoms with Gasteiger partial charge in [0.15, 0.2) is 0 Å². The molecule has 2 rings (SSSR count). The number of amides is 2. The second kappa shape index (κ2) is 9.35. The Bertz CT molecular complexity index is 805. The summed E-state index contributed by atoms with van der Waals surface area (Å²) in [5.74, 6) is -0.223. The third kappa shape index (κ3) is 5.98. The van der Waals surface area contributed by atoms with E-state index in [1.54, 1.807) is 33.2 Å². The maximum absolute atomic E-state index is 13.3. The molecule has 2 amide bonds. The van der Waals surface area contributed by atoms with Gasteiger partial charge in [0.25, 0.3) is 5.91 Å². The SMILES string of the molecule is CCN(C(=O)C(NC(=O)OC(C)(C)C)C(C)C)c1ncc(B2OC(C)(C)C(C)(C)O2)cn1. The lowest BCUT2D eigenvalue weighted by molar-refractivity contribution is -0.121. The molecule has 1 unspecified atom stereocenters. The first-order chi connectivity index (χ1) is 14.6. The molecule has 0 saturated carbocycles. The van der Waals surface area contributed by atoms with Crippen LogP contribution in [0.25, 0.3) is 0 Å². The third-order valence-electron chi connectivity index (χ3n) is 5.61. The Labute approximate surface area is 191 Å². The lowest BCUT2D eigenvalue weighted by Gasteiger charge is -2.32. The van der Waals surface area contributed by atoms with Crippen LogP contribution in [0.4, 0.5) is 10.7 Å². The number of carbonyl (C=O) groups excluding carboxylic acids is 2. The fourth-order valence-corrected chi connectivity index (χ4v) is 3.08. The molecule has 0 bridgehead atoms. The van der Waals surface area contributed by atoms with Crippen molar-refractivity contribution in [2.45, 2.75) is 92.1 Å². The standard InChI is InChI=1S/C22H37BN4O5/c1-11-27(17(28)16(14(2)3)26-19(29)30-20(4,5)6)18-24-12-15(13-25-18)23-31-21(7,8)22(9,10)32-23/h12-14,16H,11H2,1-10H3,(H,26,29). The van der Waals surface area contributed by atoms with Crippen LogP contribution in [0.3, 0.4) is 0 Å². The van der Waals surface area contributed by atoms with Crippen molar-refractivity contribution in [1.82, 2.24) is 15.3 Å². The number of nitrogens with one attached hydrogen (secondary N) is 1. The molecule has 1 aliphatic heterocycles. The molecule has 10 heteroatoms. The van der Waals surface area contributed by atoms with Gasteiger partial charge in [-0.2, -0.15) is 0 Å². The van der Waals surface area contributed by atoms with Gasteiger partial charge < -0.3 is 19.4 Å². The van der Waals surface area contributed by atoms with Gasteiger partial charge in [-0.15, -0.1) is 0 Å². The molecule has 1 aromatic rings. The zero-order valence-corrected chi connectivity index (χ0v) is 21.0. The van der Waals surface area contributed by atoms with Crippen molar-refractivity contribution in [2.75, 3.05) is 11.4 Å². The summed E-state index contributed by atoms with van der Waals surface area (Å²) < 4.78 is 17.4. The summed E-state index contributed by atoms with van der Waals surface area (Å²) in [5.41, 5.74) is -0.937. The quantitative estimate of drug-likeness (QED) is 0.668. The predicted molar refractivity (Wildman–Crippen MR) is 124 cm³/mol. The van der Waals surface area contributed by atoms with Gasteiger partial charge in [-0.25, -0.2) is 14.8 Å². The van der Waals surface area contributed by atoms with Gasteiger partial charge in [-0.3, -0.25) is 9.69 Å². The number of aromatic nitrogens is 2. The number of hydrogen-bond donors (Lipinski definition) is 1. The Morgan fingerprint density at radius 1 is 1.12 bits per heavy atom. The summed E-state index contributed by atoms with van der Waals surface area (Å²) in [7, 11) is -0.586.